The van der Waals surface area contributed by atoms with Gasteiger partial charge in [0.2, 0.25) is 0 Å². The van der Waals surface area contributed by atoms with Crippen LogP contribution in [0.15, 0.2) is 22.9 Å². The van der Waals surface area contributed by atoms with Crippen molar-refractivity contribution in [3.05, 3.63) is 22.9 Å². The highest BCUT2D eigenvalue weighted by Crippen LogP contribution is 2.44. The van der Waals surface area contributed by atoms with Gasteiger partial charge in [0.25, 0.3) is 0 Å². The summed E-state index contributed by atoms with van der Waals surface area (Å²) in [5.41, 5.74) is 0.668. The first-order chi connectivity index (χ1) is 10.1. The topological polar surface area (TPSA) is 56.7 Å². The highest BCUT2D eigenvalue weighted by molar-refractivity contribution is 9.10. The first kappa shape index (κ1) is 17.1. The summed E-state index contributed by atoms with van der Waals surface area (Å²) in [4.78, 5) is 19.6. The molecule has 5 nitrogen and oxygen atoms in total. The van der Waals surface area contributed by atoms with Crippen molar-refractivity contribution in [3.63, 3.8) is 0 Å². The van der Waals surface area contributed by atoms with Crippen molar-refractivity contribution in [1.82, 2.24) is 9.88 Å². The van der Waals surface area contributed by atoms with Crippen LogP contribution in [0.4, 0.5) is 10.5 Å². The van der Waals surface area contributed by atoms with Crippen LogP contribution in [0, 0.1) is 5.41 Å². The maximum absolute atomic E-state index is 11.7. The molecule has 1 fully saturated rings. The van der Waals surface area contributed by atoms with Crippen molar-refractivity contribution in [1.29, 1.82) is 0 Å². The first-order valence-electron chi connectivity index (χ1n) is 7.45. The molecule has 1 aliphatic rings. The van der Waals surface area contributed by atoms with Crippen LogP contribution in [0.3, 0.4) is 0 Å². The molecule has 2 rings (SSSR count). The molecule has 0 unspecified atom stereocenters. The van der Waals surface area contributed by atoms with E-state index in [2.05, 4.69) is 46.6 Å². The molecule has 0 aromatic carbocycles. The lowest BCUT2D eigenvalue weighted by Gasteiger charge is -2.37. The molecular weight excluding hydrogens is 346 g/mol. The Morgan fingerprint density at radius 2 is 2.05 bits per heavy atom. The predicted molar refractivity (Wildman–Crippen MR) is 91.4 cm³/mol. The van der Waals surface area contributed by atoms with Gasteiger partial charge in [-0.15, -0.1) is 0 Å². The van der Waals surface area contributed by atoms with Gasteiger partial charge >= 0.3 is 6.09 Å². The van der Waals surface area contributed by atoms with E-state index in [1.54, 1.807) is 17.3 Å². The van der Waals surface area contributed by atoms with E-state index >= 15 is 0 Å². The second kappa shape index (κ2) is 6.07. The van der Waals surface area contributed by atoms with Gasteiger partial charge in [-0.05, 0) is 40.3 Å². The summed E-state index contributed by atoms with van der Waals surface area (Å²) < 4.78 is 0.923. The van der Waals surface area contributed by atoms with E-state index in [9.17, 15) is 9.90 Å². The van der Waals surface area contributed by atoms with Crippen molar-refractivity contribution in [2.75, 3.05) is 25.0 Å². The number of nitrogens with zero attached hydrogens (tertiary/aromatic N) is 3. The number of pyridine rings is 1. The Morgan fingerprint density at radius 3 is 2.50 bits per heavy atom. The minimum absolute atomic E-state index is 0.0517. The van der Waals surface area contributed by atoms with Crippen molar-refractivity contribution < 1.29 is 9.90 Å². The molecule has 1 aliphatic carbocycles. The van der Waals surface area contributed by atoms with Crippen LogP contribution in [-0.4, -0.2) is 46.8 Å². The standard InChI is InChI=1S/C16H24BrN3O2/c1-15(2,3)10-20(14(21)22)16(5-6-16)11-19(4)13-7-12(17)8-18-9-13/h7-9H,5-6,10-11H2,1-4H3,(H,21,22). The monoisotopic (exact) mass is 369 g/mol. The van der Waals surface area contributed by atoms with E-state index in [0.717, 1.165) is 23.0 Å². The summed E-state index contributed by atoms with van der Waals surface area (Å²) in [6.07, 6.45) is 4.55. The molecule has 0 aliphatic heterocycles. The van der Waals surface area contributed by atoms with Gasteiger partial charge in [0.1, 0.15) is 0 Å². The molecule has 6 heteroatoms. The smallest absolute Gasteiger partial charge is 0.407 e. The highest BCUT2D eigenvalue weighted by atomic mass is 79.9. The number of carbonyl (C=O) groups is 1. The van der Waals surface area contributed by atoms with E-state index in [1.165, 1.54) is 0 Å². The lowest BCUT2D eigenvalue weighted by atomic mass is 9.95. The number of halogens is 1. The number of aromatic nitrogens is 1. The summed E-state index contributed by atoms with van der Waals surface area (Å²) in [6, 6.07) is 2.00. The van der Waals surface area contributed by atoms with Crippen LogP contribution >= 0.6 is 15.9 Å². The maximum atomic E-state index is 11.7. The number of amides is 1. The van der Waals surface area contributed by atoms with E-state index in [-0.39, 0.29) is 11.0 Å². The lowest BCUT2D eigenvalue weighted by Crippen LogP contribution is -2.50. The zero-order valence-electron chi connectivity index (χ0n) is 13.6. The largest absolute Gasteiger partial charge is 0.465 e. The number of anilines is 1. The van der Waals surface area contributed by atoms with Gasteiger partial charge < -0.3 is 14.9 Å². The third-order valence-electron chi connectivity index (χ3n) is 3.93. The number of likely N-dealkylation sites (N-methyl/N-ethyl adjacent to an activating group) is 1. The SMILES string of the molecule is CN(CC1(N(CC(C)(C)C)C(=O)O)CC1)c1cncc(Br)c1. The van der Waals surface area contributed by atoms with Gasteiger partial charge in [0.15, 0.2) is 0 Å². The summed E-state index contributed by atoms with van der Waals surface area (Å²) in [6.45, 7) is 7.45. The third kappa shape index (κ3) is 4.12. The molecule has 1 amide bonds. The Labute approximate surface area is 140 Å². The first-order valence-corrected chi connectivity index (χ1v) is 8.25. The van der Waals surface area contributed by atoms with Gasteiger partial charge in [-0.2, -0.15) is 0 Å². The number of hydrogen-bond acceptors (Lipinski definition) is 3. The summed E-state index contributed by atoms with van der Waals surface area (Å²) >= 11 is 3.42. The second-order valence-electron chi connectivity index (χ2n) is 7.37. The van der Waals surface area contributed by atoms with E-state index in [0.29, 0.717) is 13.1 Å². The normalized spacial score (nSPS) is 16.2. The molecule has 0 radical (unpaired) electrons. The minimum Gasteiger partial charge on any atom is -0.465 e. The Bertz CT molecular complexity index is 553. The minimum atomic E-state index is -0.826. The Morgan fingerprint density at radius 1 is 1.41 bits per heavy atom. The molecule has 0 atom stereocenters. The number of rotatable bonds is 5. The molecule has 1 saturated carbocycles. The van der Waals surface area contributed by atoms with Gasteiger partial charge in [0, 0.05) is 30.8 Å². The van der Waals surface area contributed by atoms with Gasteiger partial charge in [-0.1, -0.05) is 20.8 Å². The van der Waals surface area contributed by atoms with Gasteiger partial charge in [-0.3, -0.25) is 4.98 Å². The van der Waals surface area contributed by atoms with Gasteiger partial charge in [-0.25, -0.2) is 4.79 Å². The summed E-state index contributed by atoms with van der Waals surface area (Å²) in [5.74, 6) is 0. The van der Waals surface area contributed by atoms with Crippen molar-refractivity contribution in [2.45, 2.75) is 39.2 Å². The average Bonchev–Trinajstić information content (AvgIpc) is 3.15. The molecule has 122 valence electrons. The Hall–Kier alpha value is -1.30. The van der Waals surface area contributed by atoms with E-state index < -0.39 is 6.09 Å². The molecule has 1 N–H and O–H groups in total. The molecule has 1 aromatic heterocycles. The highest BCUT2D eigenvalue weighted by Gasteiger charge is 2.51. The zero-order valence-corrected chi connectivity index (χ0v) is 15.2. The zero-order chi connectivity index (χ0) is 16.5. The fraction of sp³-hybridized carbons (Fsp3) is 0.625. The second-order valence-corrected chi connectivity index (χ2v) is 8.29. The fourth-order valence-corrected chi connectivity index (χ4v) is 3.07. The third-order valence-corrected chi connectivity index (χ3v) is 4.36. The fourth-order valence-electron chi connectivity index (χ4n) is 2.71. The number of carboxylic acid groups (broad SMARTS) is 1. The summed E-state index contributed by atoms with van der Waals surface area (Å²) in [7, 11) is 1.99. The van der Waals surface area contributed by atoms with Crippen molar-refractivity contribution in [3.8, 4) is 0 Å². The predicted octanol–water partition coefficient (Wildman–Crippen LogP) is 3.84. The average molecular weight is 370 g/mol. The van der Waals surface area contributed by atoms with Crippen LogP contribution < -0.4 is 4.90 Å². The van der Waals surface area contributed by atoms with Crippen LogP contribution in [0.5, 0.6) is 0 Å². The number of hydrogen-bond donors (Lipinski definition) is 1. The van der Waals surface area contributed by atoms with Crippen LogP contribution in [-0.2, 0) is 0 Å². The molecule has 1 aromatic rings. The van der Waals surface area contributed by atoms with Crippen LogP contribution in [0.25, 0.3) is 0 Å². The van der Waals surface area contributed by atoms with E-state index in [4.69, 9.17) is 0 Å². The van der Waals surface area contributed by atoms with E-state index in [1.807, 2.05) is 13.1 Å². The molecule has 22 heavy (non-hydrogen) atoms. The summed E-state index contributed by atoms with van der Waals surface area (Å²) in [5, 5.41) is 9.63. The van der Waals surface area contributed by atoms with Crippen molar-refractivity contribution in [2.24, 2.45) is 5.41 Å². The molecule has 1 heterocycles. The molecule has 0 bridgehead atoms. The molecular formula is C16H24BrN3O2. The lowest BCUT2D eigenvalue weighted by molar-refractivity contribution is 0.0956. The Kier molecular flexibility index (Phi) is 4.70. The van der Waals surface area contributed by atoms with Crippen LogP contribution in [0.2, 0.25) is 0 Å². The Balaban J connectivity index is 2.14. The molecule has 0 spiro atoms. The van der Waals surface area contributed by atoms with Gasteiger partial charge in [0.05, 0.1) is 17.4 Å². The maximum Gasteiger partial charge on any atom is 0.407 e. The van der Waals surface area contributed by atoms with Crippen LogP contribution in [0.1, 0.15) is 33.6 Å². The quantitative estimate of drug-likeness (QED) is 0.856. The van der Waals surface area contributed by atoms with Crippen molar-refractivity contribution >= 4 is 27.7 Å². The molecule has 0 saturated heterocycles.